The molecule has 3 atom stereocenters. The van der Waals surface area contributed by atoms with E-state index >= 15 is 0 Å². The predicted octanol–water partition coefficient (Wildman–Crippen LogP) is 4.40. The molecule has 1 amide bonds. The molecule has 0 bridgehead atoms. The van der Waals surface area contributed by atoms with E-state index in [1.165, 1.54) is 0 Å². The molecule has 2 aromatic heterocycles. The Bertz CT molecular complexity index is 1130. The first kappa shape index (κ1) is 24.3. The summed E-state index contributed by atoms with van der Waals surface area (Å²) in [6.07, 6.45) is 2.28. The van der Waals surface area contributed by atoms with Crippen LogP contribution in [0.25, 0.3) is 10.4 Å². The van der Waals surface area contributed by atoms with E-state index in [2.05, 4.69) is 10.1 Å². The highest BCUT2D eigenvalue weighted by Gasteiger charge is 2.45. The molecule has 7 nitrogen and oxygen atoms in total. The van der Waals surface area contributed by atoms with Crippen LogP contribution in [0.15, 0.2) is 46.6 Å². The van der Waals surface area contributed by atoms with Crippen molar-refractivity contribution in [2.45, 2.75) is 65.0 Å². The van der Waals surface area contributed by atoms with Crippen molar-refractivity contribution < 1.29 is 19.2 Å². The highest BCUT2D eigenvalue weighted by atomic mass is 32.1. The molecule has 0 radical (unpaired) electrons. The van der Waals surface area contributed by atoms with Gasteiger partial charge in [-0.05, 0) is 29.9 Å². The number of carbonyl (C=O) groups is 2. The van der Waals surface area contributed by atoms with Crippen LogP contribution in [-0.4, -0.2) is 50.5 Å². The number of β-amino-alcohol motifs (C(OH)–C–C–N with tert-alkyl or cyclic N) is 1. The number of rotatable bonds is 7. The number of Topliss-reactive ketones (excluding diaryl/α,β-unsaturated/α-hetero) is 1. The molecule has 1 N–H and O–H groups in total. The number of ketones is 1. The summed E-state index contributed by atoms with van der Waals surface area (Å²) in [6, 6.07) is 9.26. The standard InChI is InChI=1S/C26H31N3O4S/c1-16-11-22(33-28-16)24(26(2,3)4)25(32)29-14-19(30)12-20(29)21(31)10-7-17-5-8-18(9-6-17)23-13-27-15-34-23/h5-6,8-9,11,13,15,19-20,24,30H,7,10,12,14H2,1-4H3/t19-,20+,24-/m1/s1. The van der Waals surface area contributed by atoms with Gasteiger partial charge >= 0.3 is 0 Å². The summed E-state index contributed by atoms with van der Waals surface area (Å²) < 4.78 is 5.45. The minimum atomic E-state index is -0.714. The molecule has 4 rings (SSSR count). The summed E-state index contributed by atoms with van der Waals surface area (Å²) in [5.41, 5.74) is 4.22. The second-order valence-electron chi connectivity index (χ2n) is 10.1. The molecule has 1 aliphatic heterocycles. The molecule has 180 valence electrons. The van der Waals surface area contributed by atoms with Crippen molar-refractivity contribution >= 4 is 23.0 Å². The van der Waals surface area contributed by atoms with Gasteiger partial charge in [-0.1, -0.05) is 50.2 Å². The van der Waals surface area contributed by atoms with Crippen molar-refractivity contribution in [3.8, 4) is 10.4 Å². The summed E-state index contributed by atoms with van der Waals surface area (Å²) in [5, 5.41) is 14.3. The third-order valence-electron chi connectivity index (χ3n) is 6.31. The second kappa shape index (κ2) is 9.80. The van der Waals surface area contributed by atoms with Gasteiger partial charge in [0.05, 0.1) is 28.2 Å². The molecule has 0 saturated carbocycles. The third kappa shape index (κ3) is 5.28. The number of likely N-dealkylation sites (tertiary alicyclic amines) is 1. The minimum Gasteiger partial charge on any atom is -0.391 e. The fourth-order valence-corrected chi connectivity index (χ4v) is 5.22. The van der Waals surface area contributed by atoms with E-state index in [9.17, 15) is 14.7 Å². The van der Waals surface area contributed by atoms with E-state index in [0.717, 1.165) is 16.0 Å². The van der Waals surface area contributed by atoms with Gasteiger partial charge in [0, 0.05) is 31.6 Å². The number of hydrogen-bond acceptors (Lipinski definition) is 7. The lowest BCUT2D eigenvalue weighted by atomic mass is 9.78. The lowest BCUT2D eigenvalue weighted by molar-refractivity contribution is -0.141. The molecule has 1 fully saturated rings. The minimum absolute atomic E-state index is 0.0298. The van der Waals surface area contributed by atoms with E-state index in [1.807, 2.05) is 58.2 Å². The van der Waals surface area contributed by atoms with Crippen molar-refractivity contribution in [1.29, 1.82) is 0 Å². The number of benzene rings is 1. The summed E-state index contributed by atoms with van der Waals surface area (Å²) in [5.74, 6) is -0.331. The lowest BCUT2D eigenvalue weighted by Crippen LogP contribution is -2.45. The summed E-state index contributed by atoms with van der Waals surface area (Å²) in [6.45, 7) is 7.86. The Balaban J connectivity index is 1.46. The molecule has 0 unspecified atom stereocenters. The molecule has 1 aromatic carbocycles. The van der Waals surface area contributed by atoms with Gasteiger partial charge in [-0.15, -0.1) is 11.3 Å². The first-order valence-corrected chi connectivity index (χ1v) is 12.4. The summed E-state index contributed by atoms with van der Waals surface area (Å²) in [7, 11) is 0. The SMILES string of the molecule is Cc1cc([C@H](C(=O)N2C[C@H](O)C[C@H]2C(=O)CCc2ccc(-c3cncs3)cc2)C(C)(C)C)on1. The molecular formula is C26H31N3O4S. The summed E-state index contributed by atoms with van der Waals surface area (Å²) >= 11 is 1.59. The molecule has 1 saturated heterocycles. The second-order valence-corrected chi connectivity index (χ2v) is 11.0. The van der Waals surface area contributed by atoms with Gasteiger partial charge in [0.2, 0.25) is 5.91 Å². The van der Waals surface area contributed by atoms with Gasteiger partial charge in [-0.3, -0.25) is 14.6 Å². The number of carbonyl (C=O) groups excluding carboxylic acids is 2. The number of aromatic nitrogens is 2. The van der Waals surface area contributed by atoms with Crippen LogP contribution >= 0.6 is 11.3 Å². The molecule has 0 spiro atoms. The monoisotopic (exact) mass is 481 g/mol. The number of thiazole rings is 1. The Morgan fingerprint density at radius 3 is 2.59 bits per heavy atom. The topological polar surface area (TPSA) is 96.5 Å². The van der Waals surface area contributed by atoms with Crippen LogP contribution in [0.5, 0.6) is 0 Å². The van der Waals surface area contributed by atoms with Crippen LogP contribution in [0.3, 0.4) is 0 Å². The number of nitrogens with zero attached hydrogens (tertiary/aromatic N) is 3. The Kier molecular flexibility index (Phi) is 7.00. The normalized spacial score (nSPS) is 19.4. The fraction of sp³-hybridized carbons (Fsp3) is 0.462. The fourth-order valence-electron chi connectivity index (χ4n) is 4.59. The number of aryl methyl sites for hydroxylation is 2. The molecule has 0 aliphatic carbocycles. The van der Waals surface area contributed by atoms with Crippen LogP contribution < -0.4 is 0 Å². The Morgan fingerprint density at radius 1 is 1.26 bits per heavy atom. The largest absolute Gasteiger partial charge is 0.391 e. The van der Waals surface area contributed by atoms with Crippen LogP contribution in [0, 0.1) is 12.3 Å². The Morgan fingerprint density at radius 2 is 2.00 bits per heavy atom. The van der Waals surface area contributed by atoms with Crippen LogP contribution in [0.2, 0.25) is 0 Å². The molecule has 34 heavy (non-hydrogen) atoms. The smallest absolute Gasteiger partial charge is 0.234 e. The van der Waals surface area contributed by atoms with Crippen molar-refractivity contribution in [2.24, 2.45) is 5.41 Å². The van der Waals surface area contributed by atoms with Gasteiger partial charge in [-0.2, -0.15) is 0 Å². The molecule has 3 aromatic rings. The first-order chi connectivity index (χ1) is 16.1. The Labute approximate surface area is 203 Å². The predicted molar refractivity (Wildman–Crippen MR) is 130 cm³/mol. The number of amides is 1. The zero-order valence-electron chi connectivity index (χ0n) is 20.0. The highest BCUT2D eigenvalue weighted by Crippen LogP contribution is 2.39. The first-order valence-electron chi connectivity index (χ1n) is 11.6. The van der Waals surface area contributed by atoms with Gasteiger partial charge in [0.15, 0.2) is 5.78 Å². The van der Waals surface area contributed by atoms with Crippen LogP contribution in [0.4, 0.5) is 0 Å². The van der Waals surface area contributed by atoms with Crippen LogP contribution in [0.1, 0.15) is 56.5 Å². The Hall–Kier alpha value is -2.84. The maximum absolute atomic E-state index is 13.7. The van der Waals surface area contributed by atoms with E-state index in [1.54, 1.807) is 27.8 Å². The average Bonchev–Trinajstić information content (AvgIpc) is 3.53. The molecular weight excluding hydrogens is 450 g/mol. The molecule has 1 aliphatic rings. The maximum Gasteiger partial charge on any atom is 0.234 e. The highest BCUT2D eigenvalue weighted by molar-refractivity contribution is 7.13. The lowest BCUT2D eigenvalue weighted by Gasteiger charge is -2.33. The zero-order chi connectivity index (χ0) is 24.5. The number of aliphatic hydroxyl groups excluding tert-OH is 1. The zero-order valence-corrected chi connectivity index (χ0v) is 20.8. The maximum atomic E-state index is 13.7. The van der Waals surface area contributed by atoms with E-state index in [0.29, 0.717) is 24.3 Å². The molecule has 8 heteroatoms. The van der Waals surface area contributed by atoms with Crippen molar-refractivity contribution in [1.82, 2.24) is 15.0 Å². The van der Waals surface area contributed by atoms with Gasteiger partial charge in [0.25, 0.3) is 0 Å². The van der Waals surface area contributed by atoms with E-state index in [4.69, 9.17) is 4.52 Å². The van der Waals surface area contributed by atoms with Crippen molar-refractivity contribution in [2.75, 3.05) is 6.54 Å². The van der Waals surface area contributed by atoms with Gasteiger partial charge in [-0.25, -0.2) is 0 Å². The van der Waals surface area contributed by atoms with E-state index in [-0.39, 0.29) is 24.7 Å². The van der Waals surface area contributed by atoms with E-state index < -0.39 is 23.5 Å². The molecule has 3 heterocycles. The van der Waals surface area contributed by atoms with Gasteiger partial charge in [0.1, 0.15) is 11.7 Å². The van der Waals surface area contributed by atoms with Crippen LogP contribution in [-0.2, 0) is 16.0 Å². The quantitative estimate of drug-likeness (QED) is 0.537. The number of aliphatic hydroxyl groups is 1. The number of hydrogen-bond donors (Lipinski definition) is 1. The summed E-state index contributed by atoms with van der Waals surface area (Å²) in [4.78, 5) is 33.6. The van der Waals surface area contributed by atoms with Crippen molar-refractivity contribution in [3.05, 3.63) is 59.1 Å². The average molecular weight is 482 g/mol. The van der Waals surface area contributed by atoms with Crippen molar-refractivity contribution in [3.63, 3.8) is 0 Å². The third-order valence-corrected chi connectivity index (χ3v) is 7.13. The van der Waals surface area contributed by atoms with Gasteiger partial charge < -0.3 is 14.5 Å².